The average Bonchev–Trinajstić information content (AvgIpc) is 1.67. The summed E-state index contributed by atoms with van der Waals surface area (Å²) in [6.45, 7) is 5.83. The minimum atomic E-state index is -3.07. The van der Waals surface area contributed by atoms with Gasteiger partial charge in [0.15, 0.2) is 32.5 Å². The molecule has 0 radical (unpaired) electrons. The number of likely N-dealkylation sites (tertiary alicyclic amines) is 3. The number of ether oxygens (including phenoxy) is 3. The zero-order chi connectivity index (χ0) is 83.1. The van der Waals surface area contributed by atoms with Crippen molar-refractivity contribution in [1.82, 2.24) is 60.3 Å². The maximum atomic E-state index is 15.0. The zero-order valence-electron chi connectivity index (χ0n) is 62.9. The number of benzene rings is 3. The highest BCUT2D eigenvalue weighted by Gasteiger charge is 2.50. The van der Waals surface area contributed by atoms with Gasteiger partial charge in [0.05, 0.1) is 62.7 Å². The van der Waals surface area contributed by atoms with Crippen molar-refractivity contribution >= 4 is 131 Å². The van der Waals surface area contributed by atoms with Crippen LogP contribution in [-0.4, -0.2) is 270 Å². The lowest BCUT2D eigenvalue weighted by molar-refractivity contribution is -0.139. The first-order valence-corrected chi connectivity index (χ1v) is 40.7. The van der Waals surface area contributed by atoms with Gasteiger partial charge in [0.2, 0.25) is 0 Å². The second kappa shape index (κ2) is 40.6. The molecule has 6 aromatic rings. The number of thiazole rings is 3. The fraction of sp³-hybridized carbons (Fsp3) is 0.440. The van der Waals surface area contributed by atoms with Crippen molar-refractivity contribution in [1.29, 1.82) is 0 Å². The number of nitrogens with one attached hydrogen (secondary N) is 3. The normalized spacial score (nSPS) is 21.7. The number of carbonyl (C=O) groups is 6. The fourth-order valence-corrected chi connectivity index (χ4v) is 17.3. The quantitative estimate of drug-likeness (QED) is 0.0139. The number of esters is 3. The van der Waals surface area contributed by atoms with Crippen molar-refractivity contribution in [2.75, 3.05) is 139 Å². The number of carboxylic acids is 3. The van der Waals surface area contributed by atoms with E-state index in [1.807, 2.05) is 9.80 Å². The molecule has 0 amide bonds. The van der Waals surface area contributed by atoms with Gasteiger partial charge < -0.3 is 45.5 Å². The predicted molar refractivity (Wildman–Crippen MR) is 424 cm³/mol. The lowest BCUT2D eigenvalue weighted by Crippen LogP contribution is -2.39. The molecule has 12 rings (SSSR count). The number of aliphatic carboxylic acids is 3. The van der Waals surface area contributed by atoms with Gasteiger partial charge in [-0.25, -0.2) is 60.1 Å². The maximum absolute atomic E-state index is 15.0. The Bertz CT molecular complexity index is 4500. The summed E-state index contributed by atoms with van der Waals surface area (Å²) in [5.41, 5.74) is 3.33. The molecule has 3 aromatic heterocycles. The van der Waals surface area contributed by atoms with Gasteiger partial charge in [0, 0.05) is 161 Å². The monoisotopic (exact) mass is 1810 g/mol. The summed E-state index contributed by atoms with van der Waals surface area (Å²) in [4.78, 5) is 110. The predicted octanol–water partition coefficient (Wildman–Crippen LogP) is 9.91. The lowest BCUT2D eigenvalue weighted by atomic mass is 9.95. The van der Waals surface area contributed by atoms with Crippen molar-refractivity contribution < 1.29 is 89.0 Å². The summed E-state index contributed by atoms with van der Waals surface area (Å²) in [5, 5.41) is 43.8. The van der Waals surface area contributed by atoms with Crippen molar-refractivity contribution in [2.24, 2.45) is 32.7 Å². The Morgan fingerprint density at radius 1 is 0.522 bits per heavy atom. The van der Waals surface area contributed by atoms with Crippen LogP contribution in [0.1, 0.15) is 70.6 Å². The number of aromatic nitrogens is 3. The van der Waals surface area contributed by atoms with Gasteiger partial charge in [-0.05, 0) is 89.4 Å². The van der Waals surface area contributed by atoms with Crippen LogP contribution in [-0.2, 0) is 43.0 Å². The lowest BCUT2D eigenvalue weighted by Gasteiger charge is -2.29. The van der Waals surface area contributed by atoms with Gasteiger partial charge >= 0.3 is 35.8 Å². The van der Waals surface area contributed by atoms with Gasteiger partial charge in [-0.1, -0.05) is 61.7 Å². The summed E-state index contributed by atoms with van der Waals surface area (Å²) in [7, 11) is 4.77. The third-order valence-corrected chi connectivity index (χ3v) is 22.9. The number of carboxylic acid groups (broad SMARTS) is 3. The summed E-state index contributed by atoms with van der Waals surface area (Å²) in [5.74, 6) is -10.1. The van der Waals surface area contributed by atoms with E-state index in [4.69, 9.17) is 56.1 Å². The fourth-order valence-electron chi connectivity index (χ4n) is 14.1. The standard InChI is InChI=1S/C25H27BrF3N5O4S.C25H28BrF2N5O4S.C25H28ClF2N5O4S/c1-3-38-24(37)20-18(11-34-10-14(25(28,29)13-34)9-33(2)12-19(35)36)31-22(23-30-6-7-39-23)32-21(20)16-5-4-15(27)8-17(16)26;2*1-3-37-25(36)21-19(12-33-10-14(18(28)11-33)9-32(2)13-20(34)35)30-23(24-29-6-7-38-24)31-22(21)16-5-4-15(27)8-17(16)26/h4-8,14,21H,3,9-13H2,1-2H3,(H,31,32)(H,35,36);2*4-8,14,18,22H,3,9-13H2,1-2H3,(H,30,31)(H,34,35)/t14?,21-;2*14?,18?,22-/m000/s1. The summed E-state index contributed by atoms with van der Waals surface area (Å²) in [6, 6.07) is 9.44. The van der Waals surface area contributed by atoms with Gasteiger partial charge in [-0.3, -0.25) is 58.8 Å². The molecule has 6 N–H and O–H groups in total. The zero-order valence-corrected chi connectivity index (χ0v) is 69.3. The van der Waals surface area contributed by atoms with Crippen LogP contribution in [0.4, 0.5) is 30.7 Å². The van der Waals surface area contributed by atoms with Crippen LogP contribution < -0.4 is 16.0 Å². The maximum Gasteiger partial charge on any atom is 0.338 e. The van der Waals surface area contributed by atoms with E-state index < -0.39 is 108 Å². The minimum Gasteiger partial charge on any atom is -0.480 e. The number of hydrogen-bond donors (Lipinski definition) is 6. The molecule has 3 aromatic carbocycles. The van der Waals surface area contributed by atoms with Crippen LogP contribution in [0.25, 0.3) is 0 Å². The summed E-state index contributed by atoms with van der Waals surface area (Å²) < 4.78 is 119. The van der Waals surface area contributed by atoms with E-state index in [1.54, 1.807) is 85.5 Å². The Hall–Kier alpha value is -8.48. The van der Waals surface area contributed by atoms with Gasteiger partial charge in [-0.15, -0.1) is 34.0 Å². The van der Waals surface area contributed by atoms with E-state index in [0.717, 1.165) is 6.07 Å². The molecular formula is C75H83Br2ClF7N15O12S3. The number of aliphatic imine (C=N–C) groups is 3. The van der Waals surface area contributed by atoms with Crippen LogP contribution in [0.3, 0.4) is 0 Å². The molecular weight excluding hydrogens is 1730 g/mol. The number of amidine groups is 3. The smallest absolute Gasteiger partial charge is 0.338 e. The number of rotatable bonds is 30. The van der Waals surface area contributed by atoms with Gasteiger partial charge in [-0.2, -0.15) is 0 Å². The molecule has 40 heteroatoms. The van der Waals surface area contributed by atoms with E-state index in [-0.39, 0.29) is 126 Å². The Kier molecular flexibility index (Phi) is 31.4. The third-order valence-electron chi connectivity index (χ3n) is 18.9. The molecule has 5 unspecified atom stereocenters. The van der Waals surface area contributed by atoms with Crippen LogP contribution in [0.5, 0.6) is 0 Å². The Labute approximate surface area is 691 Å². The second-order valence-electron chi connectivity index (χ2n) is 27.7. The summed E-state index contributed by atoms with van der Waals surface area (Å²) in [6.07, 6.45) is 2.53. The molecule has 0 saturated carbocycles. The van der Waals surface area contributed by atoms with Crippen molar-refractivity contribution in [3.05, 3.63) is 186 Å². The molecule has 27 nitrogen and oxygen atoms in total. The van der Waals surface area contributed by atoms with Gasteiger partial charge in [0.25, 0.3) is 5.92 Å². The first-order chi connectivity index (χ1) is 54.8. The SMILES string of the molecule is CCOC(=O)C1=C(CN2CC(CN(C)CC(=O)O)C(F)(F)C2)NC(c2nccs2)=N[C@H]1c1ccc(F)cc1Br.CCOC(=O)C1=C(CN2CC(F)C(CN(C)CC(=O)O)C2)NC(c2nccs2)=N[C@H]1c1ccc(F)cc1Br.CCOC(=O)C1=C(CN2CC(F)C(CN(C)CC(=O)O)C2)NC(c2nccs2)=N[C@H]1c1ccc(F)cc1Cl. The molecule has 0 bridgehead atoms. The number of hydrogen-bond acceptors (Lipinski definition) is 27. The van der Waals surface area contributed by atoms with E-state index in [9.17, 15) is 50.7 Å². The molecule has 6 aliphatic heterocycles. The van der Waals surface area contributed by atoms with E-state index in [1.165, 1.54) is 93.3 Å². The molecule has 618 valence electrons. The number of likely N-dealkylation sites (N-methyl/N-ethyl adjacent to an activating group) is 3. The second-order valence-corrected chi connectivity index (χ2v) is 32.5. The molecule has 3 fully saturated rings. The van der Waals surface area contributed by atoms with Crippen LogP contribution >= 0.6 is 77.5 Å². The number of nitrogens with zero attached hydrogens (tertiary/aromatic N) is 12. The van der Waals surface area contributed by atoms with Crippen LogP contribution in [0, 0.1) is 35.2 Å². The highest BCUT2D eigenvalue weighted by Crippen LogP contribution is 2.43. The Morgan fingerprint density at radius 3 is 1.19 bits per heavy atom. The first-order valence-electron chi connectivity index (χ1n) is 36.1. The molecule has 8 atom stereocenters. The van der Waals surface area contributed by atoms with E-state index >= 15 is 8.78 Å². The van der Waals surface area contributed by atoms with Crippen LogP contribution in [0.2, 0.25) is 5.02 Å². The Balaban J connectivity index is 0.000000182. The average molecular weight is 1810 g/mol. The van der Waals surface area contributed by atoms with Crippen LogP contribution in [0.15, 0.2) is 147 Å². The van der Waals surface area contributed by atoms with E-state index in [0.29, 0.717) is 88.3 Å². The molecule has 0 aliphatic carbocycles. The first kappa shape index (κ1) is 88.9. The van der Waals surface area contributed by atoms with E-state index in [2.05, 4.69) is 62.8 Å². The number of carbonyl (C=O) groups excluding carboxylic acids is 3. The topological polar surface area (TPSA) is 322 Å². The molecule has 0 spiro atoms. The molecule has 3 saturated heterocycles. The highest BCUT2D eigenvalue weighted by molar-refractivity contribution is 9.10. The summed E-state index contributed by atoms with van der Waals surface area (Å²) >= 11 is 17.2. The highest BCUT2D eigenvalue weighted by atomic mass is 79.9. The van der Waals surface area contributed by atoms with Crippen molar-refractivity contribution in [3.8, 4) is 0 Å². The molecule has 9 heterocycles. The van der Waals surface area contributed by atoms with Crippen molar-refractivity contribution in [3.63, 3.8) is 0 Å². The van der Waals surface area contributed by atoms with Gasteiger partial charge in [0.1, 0.15) is 47.9 Å². The number of halogens is 10. The third kappa shape index (κ3) is 23.5. The largest absolute Gasteiger partial charge is 0.480 e. The molecule has 115 heavy (non-hydrogen) atoms. The minimum absolute atomic E-state index is 0.0210. The Morgan fingerprint density at radius 2 is 0.861 bits per heavy atom. The van der Waals surface area contributed by atoms with Crippen molar-refractivity contribution in [2.45, 2.75) is 57.2 Å². The number of alkyl halides is 4. The molecule has 6 aliphatic rings.